The van der Waals surface area contributed by atoms with Crippen LogP contribution >= 0.6 is 11.6 Å². The summed E-state index contributed by atoms with van der Waals surface area (Å²) in [6, 6.07) is 9.44. The SMILES string of the molecule is Cc1cc(C(N)=O)ccc1NCc1ccc(F)cc1Cl. The molecule has 0 aliphatic rings. The van der Waals surface area contributed by atoms with Gasteiger partial charge in [0, 0.05) is 22.8 Å². The molecule has 0 aliphatic heterocycles. The molecule has 2 rings (SSSR count). The van der Waals surface area contributed by atoms with E-state index in [1.54, 1.807) is 24.3 Å². The summed E-state index contributed by atoms with van der Waals surface area (Å²) in [5.74, 6) is -0.818. The van der Waals surface area contributed by atoms with E-state index in [-0.39, 0.29) is 5.82 Å². The quantitative estimate of drug-likeness (QED) is 0.906. The van der Waals surface area contributed by atoms with E-state index in [2.05, 4.69) is 5.32 Å². The number of aryl methyl sites for hydroxylation is 1. The number of hydrogen-bond donors (Lipinski definition) is 2. The number of amides is 1. The summed E-state index contributed by atoms with van der Waals surface area (Å²) in [6.07, 6.45) is 0. The number of carbonyl (C=O) groups excluding carboxylic acids is 1. The number of carbonyl (C=O) groups is 1. The van der Waals surface area contributed by atoms with Crippen molar-refractivity contribution in [2.75, 3.05) is 5.32 Å². The van der Waals surface area contributed by atoms with Gasteiger partial charge in [0.15, 0.2) is 0 Å². The van der Waals surface area contributed by atoms with Gasteiger partial charge in [0.1, 0.15) is 5.82 Å². The Kier molecular flexibility index (Phi) is 4.25. The lowest BCUT2D eigenvalue weighted by Gasteiger charge is -2.11. The predicted octanol–water partition coefficient (Wildman–Crippen LogP) is 3.50. The number of anilines is 1. The fourth-order valence-corrected chi connectivity index (χ4v) is 2.10. The van der Waals surface area contributed by atoms with Gasteiger partial charge in [0.05, 0.1) is 0 Å². The Labute approximate surface area is 121 Å². The van der Waals surface area contributed by atoms with Crippen molar-refractivity contribution in [3.63, 3.8) is 0 Å². The number of primary amides is 1. The van der Waals surface area contributed by atoms with Crippen molar-refractivity contribution in [1.29, 1.82) is 0 Å². The van der Waals surface area contributed by atoms with Crippen LogP contribution in [0.5, 0.6) is 0 Å². The lowest BCUT2D eigenvalue weighted by molar-refractivity contribution is 0.1000. The minimum Gasteiger partial charge on any atom is -0.381 e. The second-order valence-corrected chi connectivity index (χ2v) is 4.89. The van der Waals surface area contributed by atoms with Crippen molar-refractivity contribution in [3.8, 4) is 0 Å². The summed E-state index contributed by atoms with van der Waals surface area (Å²) in [5, 5.41) is 3.58. The Morgan fingerprint density at radius 2 is 2.05 bits per heavy atom. The summed E-state index contributed by atoms with van der Waals surface area (Å²) in [5.41, 5.74) is 8.26. The van der Waals surface area contributed by atoms with Gasteiger partial charge in [-0.2, -0.15) is 0 Å². The highest BCUT2D eigenvalue weighted by molar-refractivity contribution is 6.31. The Hall–Kier alpha value is -2.07. The van der Waals surface area contributed by atoms with Crippen LogP contribution in [-0.4, -0.2) is 5.91 Å². The molecule has 104 valence electrons. The van der Waals surface area contributed by atoms with Crippen LogP contribution in [0.4, 0.5) is 10.1 Å². The van der Waals surface area contributed by atoms with Crippen LogP contribution in [0.3, 0.4) is 0 Å². The Balaban J connectivity index is 2.13. The normalized spacial score (nSPS) is 10.3. The van der Waals surface area contributed by atoms with Gasteiger partial charge in [0.25, 0.3) is 0 Å². The van der Waals surface area contributed by atoms with Crippen LogP contribution < -0.4 is 11.1 Å². The zero-order chi connectivity index (χ0) is 14.7. The first-order chi connectivity index (χ1) is 9.47. The summed E-state index contributed by atoms with van der Waals surface area (Å²) in [7, 11) is 0. The van der Waals surface area contributed by atoms with Gasteiger partial charge in [-0.3, -0.25) is 4.79 Å². The second-order valence-electron chi connectivity index (χ2n) is 4.48. The first-order valence-corrected chi connectivity index (χ1v) is 6.43. The average molecular weight is 293 g/mol. The number of nitrogens with one attached hydrogen (secondary N) is 1. The molecular weight excluding hydrogens is 279 g/mol. The van der Waals surface area contributed by atoms with Crippen molar-refractivity contribution in [2.45, 2.75) is 13.5 Å². The van der Waals surface area contributed by atoms with Crippen molar-refractivity contribution >= 4 is 23.2 Å². The fourth-order valence-electron chi connectivity index (χ4n) is 1.87. The molecule has 0 heterocycles. The molecule has 3 nitrogen and oxygen atoms in total. The van der Waals surface area contributed by atoms with Crippen LogP contribution in [0.1, 0.15) is 21.5 Å². The third-order valence-electron chi connectivity index (χ3n) is 3.00. The lowest BCUT2D eigenvalue weighted by atomic mass is 10.1. The topological polar surface area (TPSA) is 55.1 Å². The molecule has 0 bridgehead atoms. The Morgan fingerprint density at radius 3 is 2.65 bits per heavy atom. The maximum absolute atomic E-state index is 12.9. The second kappa shape index (κ2) is 5.92. The molecule has 0 radical (unpaired) electrons. The zero-order valence-electron chi connectivity index (χ0n) is 10.9. The van der Waals surface area contributed by atoms with Crippen LogP contribution in [0, 0.1) is 12.7 Å². The number of benzene rings is 2. The average Bonchev–Trinajstić information content (AvgIpc) is 2.38. The van der Waals surface area contributed by atoms with Gasteiger partial charge in [-0.25, -0.2) is 4.39 Å². The molecule has 0 unspecified atom stereocenters. The zero-order valence-corrected chi connectivity index (χ0v) is 11.7. The van der Waals surface area contributed by atoms with Crippen molar-refractivity contribution in [2.24, 2.45) is 5.73 Å². The first-order valence-electron chi connectivity index (χ1n) is 6.05. The van der Waals surface area contributed by atoms with Crippen molar-refractivity contribution < 1.29 is 9.18 Å². The standard InChI is InChI=1S/C15H14ClFN2O/c1-9-6-10(15(18)20)3-5-14(9)19-8-11-2-4-12(17)7-13(11)16/h2-7,19H,8H2,1H3,(H2,18,20). The van der Waals surface area contributed by atoms with Gasteiger partial charge >= 0.3 is 0 Å². The van der Waals surface area contributed by atoms with Crippen LogP contribution in [0.15, 0.2) is 36.4 Å². The predicted molar refractivity (Wildman–Crippen MR) is 78.4 cm³/mol. The summed E-state index contributed by atoms with van der Waals surface area (Å²) in [4.78, 5) is 11.1. The van der Waals surface area contributed by atoms with Crippen LogP contribution in [-0.2, 0) is 6.54 Å². The highest BCUT2D eigenvalue weighted by Crippen LogP contribution is 2.21. The summed E-state index contributed by atoms with van der Waals surface area (Å²) >= 11 is 5.96. The largest absolute Gasteiger partial charge is 0.381 e. The smallest absolute Gasteiger partial charge is 0.248 e. The Morgan fingerprint density at radius 1 is 1.30 bits per heavy atom. The first kappa shape index (κ1) is 14.3. The third kappa shape index (κ3) is 3.27. The van der Waals surface area contributed by atoms with E-state index in [1.807, 2.05) is 6.92 Å². The maximum Gasteiger partial charge on any atom is 0.248 e. The molecule has 0 aromatic heterocycles. The molecule has 3 N–H and O–H groups in total. The summed E-state index contributed by atoms with van der Waals surface area (Å²) in [6.45, 7) is 2.34. The number of nitrogens with two attached hydrogens (primary N) is 1. The number of rotatable bonds is 4. The van der Waals surface area contributed by atoms with E-state index < -0.39 is 5.91 Å². The molecule has 2 aromatic carbocycles. The third-order valence-corrected chi connectivity index (χ3v) is 3.35. The molecule has 2 aromatic rings. The van der Waals surface area contributed by atoms with Crippen molar-refractivity contribution in [1.82, 2.24) is 0 Å². The molecule has 1 amide bonds. The van der Waals surface area contributed by atoms with E-state index in [1.165, 1.54) is 12.1 Å². The van der Waals surface area contributed by atoms with Crippen LogP contribution in [0.2, 0.25) is 5.02 Å². The molecular formula is C15H14ClFN2O. The van der Waals surface area contributed by atoms with Gasteiger partial charge in [-0.05, 0) is 48.4 Å². The van der Waals surface area contributed by atoms with E-state index >= 15 is 0 Å². The number of halogens is 2. The molecule has 5 heteroatoms. The van der Waals surface area contributed by atoms with Crippen molar-refractivity contribution in [3.05, 3.63) is 63.9 Å². The molecule has 0 spiro atoms. The van der Waals surface area contributed by atoms with E-state index in [9.17, 15) is 9.18 Å². The highest BCUT2D eigenvalue weighted by Gasteiger charge is 2.06. The summed E-state index contributed by atoms with van der Waals surface area (Å²) < 4.78 is 12.9. The molecule has 0 saturated heterocycles. The number of hydrogen-bond acceptors (Lipinski definition) is 2. The molecule has 0 aliphatic carbocycles. The van der Waals surface area contributed by atoms with Gasteiger partial charge in [0.2, 0.25) is 5.91 Å². The monoisotopic (exact) mass is 292 g/mol. The van der Waals surface area contributed by atoms with Crippen LogP contribution in [0.25, 0.3) is 0 Å². The fraction of sp³-hybridized carbons (Fsp3) is 0.133. The lowest BCUT2D eigenvalue weighted by Crippen LogP contribution is -2.11. The maximum atomic E-state index is 12.9. The van der Waals surface area contributed by atoms with E-state index in [0.717, 1.165) is 16.8 Å². The Bertz CT molecular complexity index is 658. The van der Waals surface area contributed by atoms with Gasteiger partial charge in [-0.15, -0.1) is 0 Å². The molecule has 0 fully saturated rings. The molecule has 0 saturated carbocycles. The highest BCUT2D eigenvalue weighted by atomic mass is 35.5. The van der Waals surface area contributed by atoms with E-state index in [0.29, 0.717) is 17.1 Å². The minimum atomic E-state index is -0.457. The minimum absolute atomic E-state index is 0.360. The molecule has 20 heavy (non-hydrogen) atoms. The molecule has 0 atom stereocenters. The van der Waals surface area contributed by atoms with Gasteiger partial charge in [-0.1, -0.05) is 17.7 Å². The van der Waals surface area contributed by atoms with E-state index in [4.69, 9.17) is 17.3 Å². The van der Waals surface area contributed by atoms with Gasteiger partial charge < -0.3 is 11.1 Å².